The van der Waals surface area contributed by atoms with E-state index in [0.717, 1.165) is 6.42 Å². The van der Waals surface area contributed by atoms with Crippen molar-refractivity contribution in [3.63, 3.8) is 0 Å². The Labute approximate surface area is 125 Å². The van der Waals surface area contributed by atoms with Crippen molar-refractivity contribution in [1.82, 2.24) is 5.32 Å². The molecule has 0 radical (unpaired) electrons. The van der Waals surface area contributed by atoms with Gasteiger partial charge in [-0.3, -0.25) is 0 Å². The van der Waals surface area contributed by atoms with Crippen LogP contribution >= 0.6 is 0 Å². The van der Waals surface area contributed by atoms with Crippen LogP contribution in [0.15, 0.2) is 48.5 Å². The highest BCUT2D eigenvalue weighted by Crippen LogP contribution is 2.22. The van der Waals surface area contributed by atoms with E-state index in [9.17, 15) is 4.79 Å². The molecule has 110 valence electrons. The van der Waals surface area contributed by atoms with E-state index < -0.39 is 0 Å². The standard InChI is InChI=1S/C17H20N2O2/c1-13-7-3-4-8-14(13)11-12-18-17(20)19-15-9-5-6-10-16(15)21-2/h3-10H,11-12H2,1-2H3,(H2,18,19,20). The summed E-state index contributed by atoms with van der Waals surface area (Å²) < 4.78 is 5.19. The number of ether oxygens (including phenoxy) is 1. The molecule has 0 atom stereocenters. The van der Waals surface area contributed by atoms with E-state index in [1.165, 1.54) is 11.1 Å². The number of hydrogen-bond donors (Lipinski definition) is 2. The summed E-state index contributed by atoms with van der Waals surface area (Å²) in [6.45, 7) is 2.66. The molecule has 0 aromatic heterocycles. The third-order valence-electron chi connectivity index (χ3n) is 3.30. The summed E-state index contributed by atoms with van der Waals surface area (Å²) in [5, 5.41) is 5.64. The van der Waals surface area contributed by atoms with Crippen LogP contribution in [0.2, 0.25) is 0 Å². The zero-order valence-electron chi connectivity index (χ0n) is 12.3. The molecule has 2 N–H and O–H groups in total. The highest BCUT2D eigenvalue weighted by molar-refractivity contribution is 5.90. The molecule has 0 aliphatic heterocycles. The van der Waals surface area contributed by atoms with Crippen LogP contribution in [0.3, 0.4) is 0 Å². The second-order valence-corrected chi connectivity index (χ2v) is 4.76. The van der Waals surface area contributed by atoms with Gasteiger partial charge in [0.1, 0.15) is 5.75 Å². The molecule has 2 rings (SSSR count). The normalized spacial score (nSPS) is 10.0. The molecular weight excluding hydrogens is 264 g/mol. The van der Waals surface area contributed by atoms with Crippen LogP contribution in [0, 0.1) is 6.92 Å². The summed E-state index contributed by atoms with van der Waals surface area (Å²) in [4.78, 5) is 11.9. The van der Waals surface area contributed by atoms with Gasteiger partial charge >= 0.3 is 6.03 Å². The van der Waals surface area contributed by atoms with Crippen LogP contribution < -0.4 is 15.4 Å². The number of nitrogens with one attached hydrogen (secondary N) is 2. The largest absolute Gasteiger partial charge is 0.495 e. The topological polar surface area (TPSA) is 50.4 Å². The van der Waals surface area contributed by atoms with Crippen molar-refractivity contribution >= 4 is 11.7 Å². The number of aryl methyl sites for hydroxylation is 1. The Hall–Kier alpha value is -2.49. The van der Waals surface area contributed by atoms with E-state index in [1.807, 2.05) is 30.3 Å². The van der Waals surface area contributed by atoms with Crippen LogP contribution in [0.25, 0.3) is 0 Å². The monoisotopic (exact) mass is 284 g/mol. The van der Waals surface area contributed by atoms with Gasteiger partial charge in [0.25, 0.3) is 0 Å². The van der Waals surface area contributed by atoms with E-state index in [0.29, 0.717) is 18.0 Å². The zero-order chi connectivity index (χ0) is 15.1. The van der Waals surface area contributed by atoms with Crippen molar-refractivity contribution in [2.24, 2.45) is 0 Å². The van der Waals surface area contributed by atoms with Gasteiger partial charge in [0.05, 0.1) is 12.8 Å². The van der Waals surface area contributed by atoms with Crippen molar-refractivity contribution in [2.75, 3.05) is 19.0 Å². The fraction of sp³-hybridized carbons (Fsp3) is 0.235. The summed E-state index contributed by atoms with van der Waals surface area (Å²) in [6, 6.07) is 15.3. The molecule has 21 heavy (non-hydrogen) atoms. The lowest BCUT2D eigenvalue weighted by Gasteiger charge is -2.11. The molecule has 2 aromatic carbocycles. The van der Waals surface area contributed by atoms with Gasteiger partial charge in [-0.2, -0.15) is 0 Å². The molecule has 4 nitrogen and oxygen atoms in total. The SMILES string of the molecule is COc1ccccc1NC(=O)NCCc1ccccc1C. The summed E-state index contributed by atoms with van der Waals surface area (Å²) in [7, 11) is 1.58. The molecule has 2 aromatic rings. The molecule has 0 spiro atoms. The van der Waals surface area contributed by atoms with Gasteiger partial charge < -0.3 is 15.4 Å². The number of methoxy groups -OCH3 is 1. The minimum Gasteiger partial charge on any atom is -0.495 e. The third kappa shape index (κ3) is 4.24. The van der Waals surface area contributed by atoms with Gasteiger partial charge in [-0.25, -0.2) is 4.79 Å². The van der Waals surface area contributed by atoms with Crippen molar-refractivity contribution in [2.45, 2.75) is 13.3 Å². The van der Waals surface area contributed by atoms with E-state index in [1.54, 1.807) is 13.2 Å². The lowest BCUT2D eigenvalue weighted by atomic mass is 10.1. The Morgan fingerprint density at radius 3 is 2.57 bits per heavy atom. The van der Waals surface area contributed by atoms with Crippen LogP contribution in [-0.2, 0) is 6.42 Å². The minimum atomic E-state index is -0.229. The molecule has 0 unspecified atom stereocenters. The maximum Gasteiger partial charge on any atom is 0.319 e. The Kier molecular flexibility index (Phi) is 5.21. The van der Waals surface area contributed by atoms with Gasteiger partial charge in [-0.1, -0.05) is 36.4 Å². The first-order chi connectivity index (χ1) is 10.2. The number of para-hydroxylation sites is 2. The maximum absolute atomic E-state index is 11.9. The fourth-order valence-corrected chi connectivity index (χ4v) is 2.12. The summed E-state index contributed by atoms with van der Waals surface area (Å²) in [5.74, 6) is 0.645. The smallest absolute Gasteiger partial charge is 0.319 e. The number of anilines is 1. The van der Waals surface area contributed by atoms with Crippen LogP contribution in [0.4, 0.5) is 10.5 Å². The molecule has 0 aliphatic carbocycles. The first-order valence-electron chi connectivity index (χ1n) is 6.93. The number of carbonyl (C=O) groups excluding carboxylic acids is 1. The fourth-order valence-electron chi connectivity index (χ4n) is 2.12. The van der Waals surface area contributed by atoms with Gasteiger partial charge in [0.15, 0.2) is 0 Å². The van der Waals surface area contributed by atoms with Gasteiger partial charge in [-0.05, 0) is 36.6 Å². The molecule has 0 heterocycles. The first kappa shape index (κ1) is 14.9. The average Bonchev–Trinajstić information content (AvgIpc) is 2.50. The lowest BCUT2D eigenvalue weighted by molar-refractivity contribution is 0.252. The average molecular weight is 284 g/mol. The second kappa shape index (κ2) is 7.33. The molecule has 0 bridgehead atoms. The van der Waals surface area contributed by atoms with Gasteiger partial charge in [-0.15, -0.1) is 0 Å². The van der Waals surface area contributed by atoms with Crippen LogP contribution in [0.1, 0.15) is 11.1 Å². The number of benzene rings is 2. The molecule has 2 amide bonds. The number of rotatable bonds is 5. The maximum atomic E-state index is 11.9. The summed E-state index contributed by atoms with van der Waals surface area (Å²) in [5.41, 5.74) is 3.15. The van der Waals surface area contributed by atoms with E-state index in [-0.39, 0.29) is 6.03 Å². The lowest BCUT2D eigenvalue weighted by Crippen LogP contribution is -2.30. The van der Waals surface area contributed by atoms with Crippen molar-refractivity contribution < 1.29 is 9.53 Å². The Bertz CT molecular complexity index is 611. The first-order valence-corrected chi connectivity index (χ1v) is 6.93. The number of urea groups is 1. The van der Waals surface area contributed by atoms with Crippen molar-refractivity contribution in [3.05, 3.63) is 59.7 Å². The van der Waals surface area contributed by atoms with Crippen molar-refractivity contribution in [1.29, 1.82) is 0 Å². The highest BCUT2D eigenvalue weighted by atomic mass is 16.5. The van der Waals surface area contributed by atoms with Crippen LogP contribution in [0.5, 0.6) is 5.75 Å². The van der Waals surface area contributed by atoms with E-state index >= 15 is 0 Å². The molecule has 0 saturated heterocycles. The summed E-state index contributed by atoms with van der Waals surface area (Å²) in [6.07, 6.45) is 0.812. The molecule has 0 saturated carbocycles. The summed E-state index contributed by atoms with van der Waals surface area (Å²) >= 11 is 0. The Balaban J connectivity index is 1.84. The van der Waals surface area contributed by atoms with Crippen LogP contribution in [-0.4, -0.2) is 19.7 Å². The highest BCUT2D eigenvalue weighted by Gasteiger charge is 2.06. The third-order valence-corrected chi connectivity index (χ3v) is 3.30. The van der Waals surface area contributed by atoms with Gasteiger partial charge in [0.2, 0.25) is 0 Å². The minimum absolute atomic E-state index is 0.229. The zero-order valence-corrected chi connectivity index (χ0v) is 12.3. The van der Waals surface area contributed by atoms with Gasteiger partial charge in [0, 0.05) is 6.54 Å². The van der Waals surface area contributed by atoms with Crippen molar-refractivity contribution in [3.8, 4) is 5.75 Å². The van der Waals surface area contributed by atoms with E-state index in [4.69, 9.17) is 4.74 Å². The second-order valence-electron chi connectivity index (χ2n) is 4.76. The number of hydrogen-bond acceptors (Lipinski definition) is 2. The quantitative estimate of drug-likeness (QED) is 0.884. The predicted octanol–water partition coefficient (Wildman–Crippen LogP) is 3.37. The molecular formula is C17H20N2O2. The number of carbonyl (C=O) groups is 1. The van der Waals surface area contributed by atoms with E-state index in [2.05, 4.69) is 29.7 Å². The number of amides is 2. The Morgan fingerprint density at radius 1 is 1.10 bits per heavy atom. The molecule has 4 heteroatoms. The molecule has 0 aliphatic rings. The Morgan fingerprint density at radius 2 is 1.81 bits per heavy atom. The molecule has 0 fully saturated rings. The predicted molar refractivity (Wildman–Crippen MR) is 84.9 cm³/mol.